The van der Waals surface area contributed by atoms with Gasteiger partial charge in [-0.05, 0) is 62.7 Å². The lowest BCUT2D eigenvalue weighted by atomic mass is 9.57. The van der Waals surface area contributed by atoms with Gasteiger partial charge in [0.2, 0.25) is 0 Å². The van der Waals surface area contributed by atoms with Crippen molar-refractivity contribution < 1.29 is 20.1 Å². The molecule has 3 rings (SSSR count). The Labute approximate surface area is 150 Å². The number of aliphatic carboxylic acids is 1. The molecule has 0 saturated heterocycles. The summed E-state index contributed by atoms with van der Waals surface area (Å²) < 4.78 is 0. The van der Waals surface area contributed by atoms with Crippen molar-refractivity contribution in [3.05, 3.63) is 11.6 Å². The number of fused-ring (bicyclic) bond motifs is 1. The monoisotopic (exact) mass is 346 g/mol. The first-order valence-electron chi connectivity index (χ1n) is 9.84. The molecule has 25 heavy (non-hydrogen) atoms. The van der Waals surface area contributed by atoms with Crippen LogP contribution in [0.1, 0.15) is 64.2 Å². The highest BCUT2D eigenvalue weighted by molar-refractivity contribution is 5.66. The third-order valence-electron chi connectivity index (χ3n) is 6.36. The van der Waals surface area contributed by atoms with E-state index in [0.29, 0.717) is 24.2 Å². The minimum absolute atomic E-state index is 0.0222. The summed E-state index contributed by atoms with van der Waals surface area (Å²) in [6, 6.07) is 0. The molecule has 138 valence electrons. The molecule has 3 aliphatic rings. The highest BCUT2D eigenvalue weighted by Crippen LogP contribution is 2.51. The number of unbranched alkanes of at least 4 members (excludes halogenated alkanes) is 1. The molecule has 4 nitrogen and oxygen atoms in total. The van der Waals surface area contributed by atoms with Crippen LogP contribution in [0.2, 0.25) is 0 Å². The maximum absolute atomic E-state index is 10.6. The second-order valence-corrected chi connectivity index (χ2v) is 7.99. The Morgan fingerprint density at radius 2 is 2.00 bits per heavy atom. The summed E-state index contributed by atoms with van der Waals surface area (Å²) in [4.78, 5) is 10.6. The average molecular weight is 346 g/mol. The van der Waals surface area contributed by atoms with Crippen molar-refractivity contribution in [2.24, 2.45) is 23.7 Å². The van der Waals surface area contributed by atoms with Gasteiger partial charge in [-0.25, -0.2) is 0 Å². The molecule has 0 amide bonds. The zero-order chi connectivity index (χ0) is 17.8. The second kappa shape index (κ2) is 8.38. The first-order chi connectivity index (χ1) is 12.1. The molecule has 0 aromatic heterocycles. The number of aliphatic hydroxyl groups is 2. The fraction of sp³-hybridized carbons (Fsp3) is 0.762. The molecule has 0 aliphatic heterocycles. The quantitative estimate of drug-likeness (QED) is 0.406. The lowest BCUT2D eigenvalue weighted by Crippen LogP contribution is -2.44. The van der Waals surface area contributed by atoms with Gasteiger partial charge in [0.05, 0.1) is 12.0 Å². The van der Waals surface area contributed by atoms with Crippen molar-refractivity contribution in [1.82, 2.24) is 0 Å². The van der Waals surface area contributed by atoms with E-state index in [1.54, 1.807) is 0 Å². The van der Waals surface area contributed by atoms with Gasteiger partial charge >= 0.3 is 5.97 Å². The van der Waals surface area contributed by atoms with Crippen molar-refractivity contribution in [2.75, 3.05) is 0 Å². The molecule has 0 aromatic carbocycles. The van der Waals surface area contributed by atoms with Crippen molar-refractivity contribution in [1.29, 1.82) is 0 Å². The lowest BCUT2D eigenvalue weighted by molar-refractivity contribution is -0.137. The summed E-state index contributed by atoms with van der Waals surface area (Å²) >= 11 is 0. The second-order valence-electron chi connectivity index (χ2n) is 7.99. The molecule has 3 fully saturated rings. The molecule has 0 heterocycles. The Bertz CT molecular complexity index is 564. The van der Waals surface area contributed by atoms with Crippen LogP contribution in [0.4, 0.5) is 0 Å². The Morgan fingerprint density at radius 3 is 2.72 bits per heavy atom. The fourth-order valence-corrected chi connectivity index (χ4v) is 4.82. The average Bonchev–Trinajstić information content (AvgIpc) is 3.09. The van der Waals surface area contributed by atoms with Gasteiger partial charge in [0.15, 0.2) is 0 Å². The van der Waals surface area contributed by atoms with Gasteiger partial charge in [0.25, 0.3) is 0 Å². The van der Waals surface area contributed by atoms with Crippen LogP contribution in [-0.2, 0) is 4.79 Å². The number of allylic oxidation sites excluding steroid dienone is 2. The summed E-state index contributed by atoms with van der Waals surface area (Å²) in [7, 11) is 0. The standard InChI is InChI=1S/C21H30O4/c22-19(14-5-1-2-6-14)11-10-17-18-13-15(7-3-4-8-21(24)25)16(18)9-12-20(17)23/h7,14,16-20,22-23H,1-6,8-9,12-13H2,(H,24,25)/t16-,17-,18+,19?,20-/m0/s1. The summed E-state index contributed by atoms with van der Waals surface area (Å²) in [5, 5.41) is 29.3. The summed E-state index contributed by atoms with van der Waals surface area (Å²) in [5.41, 5.74) is 1.42. The van der Waals surface area contributed by atoms with Crippen molar-refractivity contribution in [3.63, 3.8) is 0 Å². The van der Waals surface area contributed by atoms with Crippen LogP contribution >= 0.6 is 0 Å². The van der Waals surface area contributed by atoms with Crippen LogP contribution in [0.5, 0.6) is 0 Å². The van der Waals surface area contributed by atoms with Gasteiger partial charge in [-0.1, -0.05) is 36.3 Å². The van der Waals surface area contributed by atoms with E-state index in [1.165, 1.54) is 18.4 Å². The maximum Gasteiger partial charge on any atom is 0.303 e. The summed E-state index contributed by atoms with van der Waals surface area (Å²) in [6.07, 6.45) is 10.3. The van der Waals surface area contributed by atoms with Crippen molar-refractivity contribution in [2.45, 2.75) is 76.4 Å². The molecule has 3 saturated carbocycles. The Hall–Kier alpha value is -1.31. The molecular weight excluding hydrogens is 316 g/mol. The van der Waals surface area contributed by atoms with Gasteiger partial charge in [0.1, 0.15) is 6.10 Å². The van der Waals surface area contributed by atoms with E-state index in [4.69, 9.17) is 5.11 Å². The molecule has 0 bridgehead atoms. The van der Waals surface area contributed by atoms with Gasteiger partial charge in [0, 0.05) is 6.42 Å². The van der Waals surface area contributed by atoms with E-state index in [-0.39, 0.29) is 18.4 Å². The number of carboxylic acids is 1. The predicted molar refractivity (Wildman–Crippen MR) is 95.6 cm³/mol. The van der Waals surface area contributed by atoms with E-state index in [0.717, 1.165) is 38.5 Å². The molecule has 0 spiro atoms. The van der Waals surface area contributed by atoms with E-state index in [2.05, 4.69) is 17.9 Å². The van der Waals surface area contributed by atoms with Crippen molar-refractivity contribution in [3.8, 4) is 11.8 Å². The SMILES string of the molecule is O=C(O)CCCC=C1C[C@H]2[C@H](C#CC(O)C3CCCC3)[C@@H](O)CC[C@@H]12. The topological polar surface area (TPSA) is 77.8 Å². The van der Waals surface area contributed by atoms with Gasteiger partial charge < -0.3 is 15.3 Å². The predicted octanol–water partition coefficient (Wildman–Crippen LogP) is 3.13. The summed E-state index contributed by atoms with van der Waals surface area (Å²) in [6.45, 7) is 0. The molecule has 3 N–H and O–H groups in total. The van der Waals surface area contributed by atoms with Crippen LogP contribution in [0, 0.1) is 35.5 Å². The van der Waals surface area contributed by atoms with Gasteiger partial charge in [-0.15, -0.1) is 0 Å². The molecule has 0 radical (unpaired) electrons. The molecule has 4 heteroatoms. The Kier molecular flexibility index (Phi) is 6.19. The van der Waals surface area contributed by atoms with Crippen LogP contribution in [0.3, 0.4) is 0 Å². The van der Waals surface area contributed by atoms with E-state index >= 15 is 0 Å². The minimum atomic E-state index is -0.734. The normalized spacial score (nSPS) is 34.7. The number of aliphatic hydroxyl groups excluding tert-OH is 2. The summed E-state index contributed by atoms with van der Waals surface area (Å²) in [5.74, 6) is 6.73. The zero-order valence-electron chi connectivity index (χ0n) is 14.9. The number of carbonyl (C=O) groups is 1. The van der Waals surface area contributed by atoms with Crippen LogP contribution in [0.25, 0.3) is 0 Å². The molecule has 3 aliphatic carbocycles. The van der Waals surface area contributed by atoms with Gasteiger partial charge in [-0.2, -0.15) is 0 Å². The van der Waals surface area contributed by atoms with Crippen LogP contribution in [0.15, 0.2) is 11.6 Å². The number of hydrogen-bond donors (Lipinski definition) is 3. The van der Waals surface area contributed by atoms with E-state index in [9.17, 15) is 15.0 Å². The van der Waals surface area contributed by atoms with Crippen LogP contribution < -0.4 is 0 Å². The molecular formula is C21H30O4. The lowest BCUT2D eigenvalue weighted by Gasteiger charge is -2.48. The van der Waals surface area contributed by atoms with Crippen molar-refractivity contribution >= 4 is 5.97 Å². The number of carboxylic acid groups (broad SMARTS) is 1. The highest BCUT2D eigenvalue weighted by Gasteiger charge is 2.46. The van der Waals surface area contributed by atoms with E-state index in [1.807, 2.05) is 0 Å². The third-order valence-corrected chi connectivity index (χ3v) is 6.36. The van der Waals surface area contributed by atoms with E-state index < -0.39 is 12.1 Å². The molecule has 1 unspecified atom stereocenters. The van der Waals surface area contributed by atoms with Crippen LogP contribution in [-0.4, -0.2) is 33.5 Å². The molecule has 0 aromatic rings. The largest absolute Gasteiger partial charge is 0.481 e. The third kappa shape index (κ3) is 4.46. The fourth-order valence-electron chi connectivity index (χ4n) is 4.82. The zero-order valence-corrected chi connectivity index (χ0v) is 14.9. The maximum atomic E-state index is 10.6. The smallest absolute Gasteiger partial charge is 0.303 e. The number of hydrogen-bond acceptors (Lipinski definition) is 3. The van der Waals surface area contributed by atoms with Gasteiger partial charge in [-0.3, -0.25) is 4.79 Å². The highest BCUT2D eigenvalue weighted by atomic mass is 16.4. The first kappa shape index (κ1) is 18.5. The molecule has 5 atom stereocenters. The first-order valence-corrected chi connectivity index (χ1v) is 9.84. The Balaban J connectivity index is 1.55. The Morgan fingerprint density at radius 1 is 1.24 bits per heavy atom. The minimum Gasteiger partial charge on any atom is -0.481 e. The number of rotatable bonds is 5.